The number of quaternary nitrogens is 1. The minimum atomic E-state index is -1.08. The zero-order chi connectivity index (χ0) is 11.8. The molecule has 0 aliphatic heterocycles. The second-order valence-electron chi connectivity index (χ2n) is 4.06. The molecule has 0 aliphatic carbocycles. The van der Waals surface area contributed by atoms with Gasteiger partial charge in [0.2, 0.25) is 0 Å². The highest BCUT2D eigenvalue weighted by Gasteiger charge is 2.21. The molecule has 0 unspecified atom stereocenters. The molecule has 0 aromatic carbocycles. The standard InChI is InChI=1S/C9H22N.C2H4O2/c1-6-9(7-2)10(4,5)8-3;1-2(3)4/h9H,6-8H2,1-5H3;1H3,(H,3,4)/q+1;/p-1. The van der Waals surface area contributed by atoms with Crippen LogP contribution in [-0.2, 0) is 4.79 Å². The van der Waals surface area contributed by atoms with E-state index in [2.05, 4.69) is 34.9 Å². The smallest absolute Gasteiger partial charge is 0.0880 e. The number of aliphatic carboxylic acids is 1. The zero-order valence-electron chi connectivity index (χ0n) is 10.5. The minimum Gasteiger partial charge on any atom is -0.550 e. The Bertz CT molecular complexity index is 147. The van der Waals surface area contributed by atoms with Crippen LogP contribution >= 0.6 is 0 Å². The fourth-order valence-electron chi connectivity index (χ4n) is 1.54. The van der Waals surface area contributed by atoms with Gasteiger partial charge in [0.05, 0.1) is 26.7 Å². The van der Waals surface area contributed by atoms with E-state index in [-0.39, 0.29) is 0 Å². The van der Waals surface area contributed by atoms with Crippen molar-refractivity contribution in [1.29, 1.82) is 0 Å². The van der Waals surface area contributed by atoms with Crippen molar-refractivity contribution in [3.63, 3.8) is 0 Å². The van der Waals surface area contributed by atoms with E-state index in [1.54, 1.807) is 0 Å². The van der Waals surface area contributed by atoms with Gasteiger partial charge in [0.1, 0.15) is 0 Å². The van der Waals surface area contributed by atoms with Crippen LogP contribution in [0, 0.1) is 0 Å². The van der Waals surface area contributed by atoms with Crippen molar-refractivity contribution in [3.05, 3.63) is 0 Å². The van der Waals surface area contributed by atoms with Crippen molar-refractivity contribution >= 4 is 5.97 Å². The molecular formula is C11H25NO2. The average Bonchev–Trinajstić information content (AvgIpc) is 2.05. The van der Waals surface area contributed by atoms with E-state index in [0.29, 0.717) is 0 Å². The summed E-state index contributed by atoms with van der Waals surface area (Å²) in [6.07, 6.45) is 2.61. The molecule has 0 saturated heterocycles. The topological polar surface area (TPSA) is 40.1 Å². The molecule has 86 valence electrons. The first-order valence-electron chi connectivity index (χ1n) is 5.31. The van der Waals surface area contributed by atoms with Gasteiger partial charge in [0, 0.05) is 5.97 Å². The van der Waals surface area contributed by atoms with Gasteiger partial charge < -0.3 is 14.4 Å². The Balaban J connectivity index is 0. The second-order valence-corrected chi connectivity index (χ2v) is 4.06. The van der Waals surface area contributed by atoms with Crippen molar-refractivity contribution in [2.75, 3.05) is 20.6 Å². The molecule has 0 heterocycles. The minimum absolute atomic E-state index is 0.852. The van der Waals surface area contributed by atoms with Gasteiger partial charge in [-0.1, -0.05) is 13.8 Å². The predicted molar refractivity (Wildman–Crippen MR) is 57.7 cm³/mol. The lowest BCUT2D eigenvalue weighted by Crippen LogP contribution is -2.47. The summed E-state index contributed by atoms with van der Waals surface area (Å²) in [4.78, 5) is 8.89. The van der Waals surface area contributed by atoms with Crippen molar-refractivity contribution in [2.45, 2.75) is 46.6 Å². The summed E-state index contributed by atoms with van der Waals surface area (Å²) < 4.78 is 1.17. The molecule has 0 fully saturated rings. The van der Waals surface area contributed by atoms with Crippen LogP contribution in [0.1, 0.15) is 40.5 Å². The first kappa shape index (κ1) is 15.9. The molecule has 0 rings (SSSR count). The molecule has 0 saturated carbocycles. The highest BCUT2D eigenvalue weighted by Crippen LogP contribution is 2.12. The summed E-state index contributed by atoms with van der Waals surface area (Å²) in [7, 11) is 4.63. The fraction of sp³-hybridized carbons (Fsp3) is 0.909. The number of nitrogens with zero attached hydrogens (tertiary/aromatic N) is 1. The normalized spacial score (nSPS) is 10.8. The molecule has 14 heavy (non-hydrogen) atoms. The van der Waals surface area contributed by atoms with E-state index in [1.807, 2.05) is 0 Å². The van der Waals surface area contributed by atoms with E-state index >= 15 is 0 Å². The van der Waals surface area contributed by atoms with Crippen LogP contribution in [0.3, 0.4) is 0 Å². The maximum atomic E-state index is 8.89. The van der Waals surface area contributed by atoms with Crippen molar-refractivity contribution in [2.24, 2.45) is 0 Å². The fourth-order valence-corrected chi connectivity index (χ4v) is 1.54. The summed E-state index contributed by atoms with van der Waals surface area (Å²) in [5.74, 6) is -1.08. The molecule has 0 aromatic heterocycles. The maximum absolute atomic E-state index is 8.89. The molecule has 3 nitrogen and oxygen atoms in total. The second kappa shape index (κ2) is 7.80. The predicted octanol–water partition coefficient (Wildman–Crippen LogP) is 1.03. The van der Waals surface area contributed by atoms with Crippen LogP contribution in [0.25, 0.3) is 0 Å². The van der Waals surface area contributed by atoms with Crippen LogP contribution < -0.4 is 5.11 Å². The van der Waals surface area contributed by atoms with Crippen LogP contribution in [0.15, 0.2) is 0 Å². The van der Waals surface area contributed by atoms with Gasteiger partial charge in [-0.15, -0.1) is 0 Å². The Hall–Kier alpha value is -0.570. The SMILES string of the molecule is CC(=O)[O-].CCC(CC)[N+](C)(C)CC. The number of hydrogen-bond acceptors (Lipinski definition) is 2. The third-order valence-corrected chi connectivity index (χ3v) is 2.75. The Morgan fingerprint density at radius 3 is 1.57 bits per heavy atom. The first-order valence-corrected chi connectivity index (χ1v) is 5.31. The van der Waals surface area contributed by atoms with Crippen LogP contribution in [0.2, 0.25) is 0 Å². The molecule has 0 amide bonds. The third-order valence-electron chi connectivity index (χ3n) is 2.75. The Morgan fingerprint density at radius 1 is 1.21 bits per heavy atom. The van der Waals surface area contributed by atoms with E-state index in [0.717, 1.165) is 13.0 Å². The van der Waals surface area contributed by atoms with Crippen molar-refractivity contribution in [3.8, 4) is 0 Å². The summed E-state index contributed by atoms with van der Waals surface area (Å²) in [6, 6.07) is 0.852. The molecule has 3 heteroatoms. The lowest BCUT2D eigenvalue weighted by atomic mass is 10.1. The average molecular weight is 203 g/mol. The monoisotopic (exact) mass is 203 g/mol. The van der Waals surface area contributed by atoms with Gasteiger partial charge >= 0.3 is 0 Å². The Kier molecular flexibility index (Phi) is 8.85. The summed E-state index contributed by atoms with van der Waals surface area (Å²) in [5, 5.41) is 8.89. The number of carbonyl (C=O) groups excluding carboxylic acids is 1. The quantitative estimate of drug-likeness (QED) is 0.640. The highest BCUT2D eigenvalue weighted by atomic mass is 16.4. The number of carboxylic acid groups (broad SMARTS) is 1. The highest BCUT2D eigenvalue weighted by molar-refractivity contribution is 5.60. The molecule has 0 atom stereocenters. The first-order chi connectivity index (χ1) is 6.31. The maximum Gasteiger partial charge on any atom is 0.0880 e. The lowest BCUT2D eigenvalue weighted by Gasteiger charge is -2.36. The number of hydrogen-bond donors (Lipinski definition) is 0. The largest absolute Gasteiger partial charge is 0.550 e. The van der Waals surface area contributed by atoms with E-state index < -0.39 is 5.97 Å². The van der Waals surface area contributed by atoms with Gasteiger partial charge in [0.15, 0.2) is 0 Å². The summed E-state index contributed by atoms with van der Waals surface area (Å²) >= 11 is 0. The number of rotatable bonds is 4. The lowest BCUT2D eigenvalue weighted by molar-refractivity contribution is -0.913. The number of carbonyl (C=O) groups is 1. The van der Waals surface area contributed by atoms with Crippen molar-refractivity contribution < 1.29 is 14.4 Å². The van der Waals surface area contributed by atoms with Gasteiger partial charge in [-0.25, -0.2) is 0 Å². The van der Waals surface area contributed by atoms with Crippen LogP contribution in [0.4, 0.5) is 0 Å². The molecule has 0 spiro atoms. The van der Waals surface area contributed by atoms with E-state index in [1.165, 1.54) is 23.9 Å². The van der Waals surface area contributed by atoms with Crippen molar-refractivity contribution in [1.82, 2.24) is 0 Å². The molecular weight excluding hydrogens is 178 g/mol. The number of carboxylic acids is 1. The van der Waals surface area contributed by atoms with Gasteiger partial charge in [0.25, 0.3) is 0 Å². The molecule has 0 aromatic rings. The van der Waals surface area contributed by atoms with Gasteiger partial charge in [-0.3, -0.25) is 0 Å². The third kappa shape index (κ3) is 8.05. The van der Waals surface area contributed by atoms with E-state index in [4.69, 9.17) is 9.90 Å². The van der Waals surface area contributed by atoms with Crippen LogP contribution in [-0.4, -0.2) is 37.1 Å². The molecule has 0 N–H and O–H groups in total. The van der Waals surface area contributed by atoms with Gasteiger partial charge in [-0.05, 0) is 26.7 Å². The van der Waals surface area contributed by atoms with Gasteiger partial charge in [-0.2, -0.15) is 0 Å². The molecule has 0 aliphatic rings. The van der Waals surface area contributed by atoms with E-state index in [9.17, 15) is 0 Å². The Labute approximate surface area is 88.3 Å². The van der Waals surface area contributed by atoms with Crippen LogP contribution in [0.5, 0.6) is 0 Å². The summed E-state index contributed by atoms with van der Waals surface area (Å²) in [5.41, 5.74) is 0. The zero-order valence-corrected chi connectivity index (χ0v) is 10.5. The molecule has 0 bridgehead atoms. The summed E-state index contributed by atoms with van der Waals surface area (Å²) in [6.45, 7) is 9.04. The Morgan fingerprint density at radius 2 is 1.50 bits per heavy atom. The molecule has 0 radical (unpaired) electrons.